The average Bonchev–Trinajstić information content (AvgIpc) is 3.07. The van der Waals surface area contributed by atoms with Crippen LogP contribution >= 0.6 is 0 Å². The zero-order valence-corrected chi connectivity index (χ0v) is 27.7. The summed E-state index contributed by atoms with van der Waals surface area (Å²) in [6.07, 6.45) is 4.58. The maximum Gasteiger partial charge on any atom is 0.259 e. The first-order chi connectivity index (χ1) is 23.1. The number of aromatic nitrogens is 3. The van der Waals surface area contributed by atoms with Gasteiger partial charge in [-0.2, -0.15) is 0 Å². The van der Waals surface area contributed by atoms with E-state index in [4.69, 9.17) is 9.47 Å². The Morgan fingerprint density at radius 1 is 0.854 bits per heavy atom. The number of pyridine rings is 1. The zero-order valence-electron chi connectivity index (χ0n) is 27.7. The van der Waals surface area contributed by atoms with Crippen molar-refractivity contribution < 1.29 is 23.0 Å². The minimum absolute atomic E-state index is 0.00187. The summed E-state index contributed by atoms with van der Waals surface area (Å²) < 4.78 is 41.0. The van der Waals surface area contributed by atoms with E-state index in [0.717, 1.165) is 44.4 Å². The van der Waals surface area contributed by atoms with Gasteiger partial charge in [0.15, 0.2) is 23.1 Å². The Morgan fingerprint density at radius 2 is 1.52 bits per heavy atom. The van der Waals surface area contributed by atoms with E-state index in [9.17, 15) is 4.79 Å². The fourth-order valence-corrected chi connectivity index (χ4v) is 6.23. The summed E-state index contributed by atoms with van der Waals surface area (Å²) in [5.74, 6) is -2.35. The van der Waals surface area contributed by atoms with Gasteiger partial charge in [0.05, 0.1) is 30.9 Å². The molecule has 9 nitrogen and oxygen atoms in total. The number of aryl methyl sites for hydroxylation is 1. The number of nitrogens with one attached hydrogen (secondary N) is 1. The molecule has 5 aromatic rings. The van der Waals surface area contributed by atoms with Crippen LogP contribution in [0.1, 0.15) is 40.9 Å². The van der Waals surface area contributed by atoms with Crippen LogP contribution in [0.25, 0.3) is 22.2 Å². The highest BCUT2D eigenvalue weighted by Crippen LogP contribution is 2.40. The lowest BCUT2D eigenvalue weighted by atomic mass is 9.97. The lowest BCUT2D eigenvalue weighted by Gasteiger charge is -2.47. The first-order valence-electron chi connectivity index (χ1n) is 15.7. The van der Waals surface area contributed by atoms with Crippen LogP contribution in [0.5, 0.6) is 11.5 Å². The number of hydrogen-bond acceptors (Lipinski definition) is 8. The third-order valence-corrected chi connectivity index (χ3v) is 8.83. The molecule has 6 rings (SSSR count). The SMILES string of the molecule is COc1cc(OC)c(F)c(-c2ccc(C(=O)Nc3ccc(CN4CCN(Cc5ccc(C)cc5)C(C)(C)C4)cn3)c3nccnc23)c1F. The van der Waals surface area contributed by atoms with E-state index in [2.05, 4.69) is 75.1 Å². The number of anilines is 1. The van der Waals surface area contributed by atoms with E-state index >= 15 is 8.78 Å². The Balaban J connectivity index is 1.15. The van der Waals surface area contributed by atoms with Gasteiger partial charge in [-0.25, -0.2) is 13.8 Å². The third kappa shape index (κ3) is 6.69. The number of halogens is 2. The minimum Gasteiger partial charge on any atom is -0.494 e. The van der Waals surface area contributed by atoms with Crippen molar-refractivity contribution in [2.45, 2.75) is 39.4 Å². The van der Waals surface area contributed by atoms with E-state index in [0.29, 0.717) is 5.82 Å². The first kappa shape index (κ1) is 32.9. The molecule has 1 aliphatic rings. The van der Waals surface area contributed by atoms with Crippen molar-refractivity contribution in [3.63, 3.8) is 0 Å². The van der Waals surface area contributed by atoms with Crippen molar-refractivity contribution in [1.82, 2.24) is 24.8 Å². The van der Waals surface area contributed by atoms with Gasteiger partial charge < -0.3 is 14.8 Å². The average molecular weight is 653 g/mol. The molecular formula is C37H38F2N6O3. The Bertz CT molecular complexity index is 1920. The standard InChI is InChI=1S/C37H38F2N6O3/c1-23-6-8-24(9-7-23)21-45-17-16-44(22-37(45,2)3)20-25-10-13-30(42-19-25)43-36(46)27-12-11-26(34-35(27)41-15-14-40-34)31-32(38)28(47-4)18-29(48-5)33(31)39/h6-15,18-19H,16-17,20-22H2,1-5H3,(H,42,43,46). The van der Waals surface area contributed by atoms with Gasteiger partial charge in [-0.05, 0) is 44.0 Å². The molecule has 3 heterocycles. The van der Waals surface area contributed by atoms with E-state index in [1.807, 2.05) is 6.07 Å². The second kappa shape index (κ2) is 13.6. The van der Waals surface area contributed by atoms with Gasteiger partial charge in [-0.1, -0.05) is 42.0 Å². The number of nitrogens with zero attached hydrogens (tertiary/aromatic N) is 5. The number of ether oxygens (including phenoxy) is 2. The molecule has 1 aliphatic heterocycles. The number of carbonyl (C=O) groups is 1. The highest BCUT2D eigenvalue weighted by atomic mass is 19.1. The van der Waals surface area contributed by atoms with Gasteiger partial charge in [-0.3, -0.25) is 24.6 Å². The molecule has 248 valence electrons. The highest BCUT2D eigenvalue weighted by molar-refractivity contribution is 6.13. The summed E-state index contributed by atoms with van der Waals surface area (Å²) in [5, 5.41) is 2.82. The first-order valence-corrected chi connectivity index (χ1v) is 15.7. The summed E-state index contributed by atoms with van der Waals surface area (Å²) in [4.78, 5) is 31.6. The van der Waals surface area contributed by atoms with Gasteiger partial charge in [0.25, 0.3) is 5.91 Å². The third-order valence-electron chi connectivity index (χ3n) is 8.83. The number of benzene rings is 3. The van der Waals surface area contributed by atoms with Crippen LogP contribution in [0.4, 0.5) is 14.6 Å². The molecule has 1 fully saturated rings. The Morgan fingerprint density at radius 3 is 2.15 bits per heavy atom. The molecule has 1 saturated heterocycles. The van der Waals surface area contributed by atoms with Gasteiger partial charge in [-0.15, -0.1) is 0 Å². The molecule has 3 aromatic carbocycles. The maximum absolute atomic E-state index is 15.4. The summed E-state index contributed by atoms with van der Waals surface area (Å²) in [6, 6.07) is 16.5. The molecule has 0 atom stereocenters. The van der Waals surface area contributed by atoms with Gasteiger partial charge in [0.2, 0.25) is 0 Å². The summed E-state index contributed by atoms with van der Waals surface area (Å²) in [6.45, 7) is 11.1. The molecule has 0 aliphatic carbocycles. The van der Waals surface area contributed by atoms with E-state index in [-0.39, 0.29) is 39.2 Å². The largest absolute Gasteiger partial charge is 0.494 e. The van der Waals surface area contributed by atoms with Gasteiger partial charge in [0.1, 0.15) is 11.3 Å². The van der Waals surface area contributed by atoms with Crippen molar-refractivity contribution in [2.24, 2.45) is 0 Å². The molecule has 1 amide bonds. The van der Waals surface area contributed by atoms with Gasteiger partial charge >= 0.3 is 0 Å². The van der Waals surface area contributed by atoms with Crippen LogP contribution in [0, 0.1) is 18.6 Å². The number of amides is 1. The van der Waals surface area contributed by atoms with Crippen LogP contribution in [0.2, 0.25) is 0 Å². The maximum atomic E-state index is 15.4. The predicted octanol–water partition coefficient (Wildman–Crippen LogP) is 6.64. The van der Waals surface area contributed by atoms with E-state index in [1.54, 1.807) is 12.3 Å². The lowest BCUT2D eigenvalue weighted by molar-refractivity contribution is 0.0103. The second-order valence-corrected chi connectivity index (χ2v) is 12.6. The van der Waals surface area contributed by atoms with Crippen LogP contribution in [-0.2, 0) is 13.1 Å². The fourth-order valence-electron chi connectivity index (χ4n) is 6.23. The topological polar surface area (TPSA) is 92.7 Å². The molecule has 0 radical (unpaired) electrons. The van der Waals surface area contributed by atoms with Crippen molar-refractivity contribution in [3.05, 3.63) is 107 Å². The normalized spacial score (nSPS) is 15.0. The van der Waals surface area contributed by atoms with Gasteiger partial charge in [0, 0.05) is 68.5 Å². The number of methoxy groups -OCH3 is 2. The van der Waals surface area contributed by atoms with Crippen LogP contribution in [0.15, 0.2) is 73.2 Å². The summed E-state index contributed by atoms with van der Waals surface area (Å²) >= 11 is 0. The van der Waals surface area contributed by atoms with Crippen molar-refractivity contribution in [3.8, 4) is 22.6 Å². The molecule has 0 spiro atoms. The smallest absolute Gasteiger partial charge is 0.259 e. The number of fused-ring (bicyclic) bond motifs is 1. The quantitative estimate of drug-likeness (QED) is 0.189. The molecule has 0 saturated carbocycles. The number of piperazine rings is 1. The fraction of sp³-hybridized carbons (Fsp3) is 0.297. The highest BCUT2D eigenvalue weighted by Gasteiger charge is 2.33. The van der Waals surface area contributed by atoms with E-state index < -0.39 is 23.1 Å². The molecule has 11 heteroatoms. The van der Waals surface area contributed by atoms with Crippen molar-refractivity contribution >= 4 is 22.8 Å². The number of hydrogen-bond donors (Lipinski definition) is 1. The van der Waals surface area contributed by atoms with Crippen LogP contribution in [-0.4, -0.2) is 70.1 Å². The molecule has 2 aromatic heterocycles. The second-order valence-electron chi connectivity index (χ2n) is 12.6. The monoisotopic (exact) mass is 652 g/mol. The zero-order chi connectivity index (χ0) is 34.0. The Labute approximate surface area is 278 Å². The minimum atomic E-state index is -0.920. The lowest BCUT2D eigenvalue weighted by Crippen LogP contribution is -2.58. The molecular weight excluding hydrogens is 614 g/mol. The molecule has 0 unspecified atom stereocenters. The number of rotatable bonds is 9. The molecule has 1 N–H and O–H groups in total. The summed E-state index contributed by atoms with van der Waals surface area (Å²) in [7, 11) is 2.56. The van der Waals surface area contributed by atoms with Crippen LogP contribution in [0.3, 0.4) is 0 Å². The van der Waals surface area contributed by atoms with Crippen molar-refractivity contribution in [2.75, 3.05) is 39.2 Å². The predicted molar refractivity (Wildman–Crippen MR) is 181 cm³/mol. The van der Waals surface area contributed by atoms with Crippen molar-refractivity contribution in [1.29, 1.82) is 0 Å². The molecule has 0 bridgehead atoms. The molecule has 48 heavy (non-hydrogen) atoms. The van der Waals surface area contributed by atoms with Crippen LogP contribution < -0.4 is 14.8 Å². The number of carbonyl (C=O) groups excluding carboxylic acids is 1. The summed E-state index contributed by atoms with van der Waals surface area (Å²) in [5.41, 5.74) is 3.82. The Hall–Kier alpha value is -5.00. The Kier molecular flexibility index (Phi) is 9.34. The van der Waals surface area contributed by atoms with E-state index in [1.165, 1.54) is 49.9 Å².